The number of amides is 2. The van der Waals surface area contributed by atoms with Crippen molar-refractivity contribution < 1.29 is 14.0 Å². The van der Waals surface area contributed by atoms with Crippen LogP contribution in [0.25, 0.3) is 11.3 Å². The van der Waals surface area contributed by atoms with Gasteiger partial charge < -0.3 is 10.6 Å². The van der Waals surface area contributed by atoms with E-state index in [0.29, 0.717) is 24.2 Å². The first-order valence-corrected chi connectivity index (χ1v) is 9.25. The number of aryl methyl sites for hydroxylation is 1. The summed E-state index contributed by atoms with van der Waals surface area (Å²) in [5.41, 5.74) is 2.98. The fourth-order valence-corrected chi connectivity index (χ4v) is 3.27. The summed E-state index contributed by atoms with van der Waals surface area (Å²) < 4.78 is 13.0. The number of carbonyl (C=O) groups is 2. The summed E-state index contributed by atoms with van der Waals surface area (Å²) in [5.74, 6) is -0.535. The summed E-state index contributed by atoms with van der Waals surface area (Å²) in [6.45, 7) is 1.44. The van der Waals surface area contributed by atoms with Crippen molar-refractivity contribution in [1.82, 2.24) is 4.98 Å². The van der Waals surface area contributed by atoms with Crippen LogP contribution >= 0.6 is 11.3 Å². The molecular formula is C20H18FN3O2S. The fraction of sp³-hybridized carbons (Fsp3) is 0.150. The monoisotopic (exact) mass is 383 g/mol. The summed E-state index contributed by atoms with van der Waals surface area (Å²) in [6.07, 6.45) is 0.839. The van der Waals surface area contributed by atoms with E-state index in [1.54, 1.807) is 36.4 Å². The smallest absolute Gasteiger partial charge is 0.224 e. The topological polar surface area (TPSA) is 71.1 Å². The number of benzene rings is 2. The van der Waals surface area contributed by atoms with Gasteiger partial charge in [0.15, 0.2) is 0 Å². The fourth-order valence-electron chi connectivity index (χ4n) is 2.46. The molecule has 0 radical (unpaired) electrons. The maximum atomic E-state index is 13.0. The van der Waals surface area contributed by atoms with Gasteiger partial charge in [0.25, 0.3) is 0 Å². The molecular weight excluding hydrogens is 365 g/mol. The Hall–Kier alpha value is -3.06. The summed E-state index contributed by atoms with van der Waals surface area (Å²) in [6, 6.07) is 13.1. The Labute approximate surface area is 160 Å². The van der Waals surface area contributed by atoms with E-state index in [2.05, 4.69) is 15.6 Å². The first-order chi connectivity index (χ1) is 13.0. The van der Waals surface area contributed by atoms with Gasteiger partial charge in [0.05, 0.1) is 10.7 Å². The second-order valence-electron chi connectivity index (χ2n) is 5.94. The van der Waals surface area contributed by atoms with Gasteiger partial charge >= 0.3 is 0 Å². The molecule has 0 unspecified atom stereocenters. The Kier molecular flexibility index (Phi) is 5.93. The Balaban J connectivity index is 1.52. The molecule has 0 aliphatic heterocycles. The number of hydrogen-bond donors (Lipinski definition) is 2. The molecule has 0 fully saturated rings. The highest BCUT2D eigenvalue weighted by Gasteiger charge is 2.08. The van der Waals surface area contributed by atoms with E-state index < -0.39 is 0 Å². The van der Waals surface area contributed by atoms with Crippen LogP contribution in [0.2, 0.25) is 0 Å². The average Bonchev–Trinajstić information content (AvgIpc) is 3.11. The molecule has 2 aromatic carbocycles. The van der Waals surface area contributed by atoms with E-state index in [4.69, 9.17) is 0 Å². The standard InChI is InChI=1S/C20H18FN3O2S/c1-13(25)22-16-6-8-17(9-7-16)23-19(26)10-11-20-24-18(12-27-20)14-2-4-15(21)5-3-14/h2-9,12H,10-11H2,1H3,(H,22,25)(H,23,26). The van der Waals surface area contributed by atoms with Crippen molar-refractivity contribution in [2.24, 2.45) is 0 Å². The van der Waals surface area contributed by atoms with E-state index in [1.807, 2.05) is 5.38 Å². The Morgan fingerprint density at radius 3 is 2.26 bits per heavy atom. The van der Waals surface area contributed by atoms with Crippen LogP contribution in [0.15, 0.2) is 53.9 Å². The highest BCUT2D eigenvalue weighted by molar-refractivity contribution is 7.09. The number of rotatable bonds is 6. The second-order valence-corrected chi connectivity index (χ2v) is 6.88. The van der Waals surface area contributed by atoms with E-state index >= 15 is 0 Å². The number of anilines is 2. The van der Waals surface area contributed by atoms with Gasteiger partial charge in [-0.2, -0.15) is 0 Å². The molecule has 0 aliphatic rings. The van der Waals surface area contributed by atoms with Crippen LogP contribution in [-0.4, -0.2) is 16.8 Å². The number of hydrogen-bond acceptors (Lipinski definition) is 4. The molecule has 5 nitrogen and oxygen atoms in total. The Bertz CT molecular complexity index is 937. The zero-order valence-corrected chi connectivity index (χ0v) is 15.5. The minimum Gasteiger partial charge on any atom is -0.326 e. The summed E-state index contributed by atoms with van der Waals surface area (Å²) in [4.78, 5) is 27.6. The molecule has 0 atom stereocenters. The largest absolute Gasteiger partial charge is 0.326 e. The number of halogens is 1. The van der Waals surface area contributed by atoms with Crippen LogP contribution in [0.1, 0.15) is 18.4 Å². The molecule has 27 heavy (non-hydrogen) atoms. The zero-order valence-electron chi connectivity index (χ0n) is 14.7. The normalized spacial score (nSPS) is 10.4. The van der Waals surface area contributed by atoms with Crippen molar-refractivity contribution in [3.63, 3.8) is 0 Å². The molecule has 0 bridgehead atoms. The maximum absolute atomic E-state index is 13.0. The van der Waals surface area contributed by atoms with Crippen molar-refractivity contribution in [3.05, 3.63) is 64.7 Å². The maximum Gasteiger partial charge on any atom is 0.224 e. The lowest BCUT2D eigenvalue weighted by atomic mass is 10.2. The summed E-state index contributed by atoms with van der Waals surface area (Å²) in [7, 11) is 0. The third-order valence-electron chi connectivity index (χ3n) is 3.75. The highest BCUT2D eigenvalue weighted by atomic mass is 32.1. The van der Waals surface area contributed by atoms with E-state index in [1.165, 1.54) is 30.4 Å². The minimum absolute atomic E-state index is 0.110. The molecule has 3 aromatic rings. The summed E-state index contributed by atoms with van der Waals surface area (Å²) in [5, 5.41) is 8.25. The van der Waals surface area contributed by atoms with Crippen LogP contribution in [0.4, 0.5) is 15.8 Å². The first-order valence-electron chi connectivity index (χ1n) is 8.37. The molecule has 0 saturated heterocycles. The molecule has 2 N–H and O–H groups in total. The van der Waals surface area contributed by atoms with Crippen LogP contribution in [-0.2, 0) is 16.0 Å². The molecule has 2 amide bonds. The Morgan fingerprint density at radius 1 is 1.00 bits per heavy atom. The van der Waals surface area contributed by atoms with Crippen molar-refractivity contribution >= 4 is 34.5 Å². The van der Waals surface area contributed by atoms with Crippen LogP contribution in [0, 0.1) is 5.82 Å². The predicted molar refractivity (Wildman–Crippen MR) is 105 cm³/mol. The van der Waals surface area contributed by atoms with E-state index in [9.17, 15) is 14.0 Å². The zero-order chi connectivity index (χ0) is 19.2. The quantitative estimate of drug-likeness (QED) is 0.659. The third-order valence-corrected chi connectivity index (χ3v) is 4.66. The molecule has 0 saturated carbocycles. The van der Waals surface area contributed by atoms with Gasteiger partial charge in [-0.25, -0.2) is 9.37 Å². The van der Waals surface area contributed by atoms with Gasteiger partial charge in [-0.3, -0.25) is 9.59 Å². The van der Waals surface area contributed by atoms with Crippen LogP contribution in [0.5, 0.6) is 0 Å². The highest BCUT2D eigenvalue weighted by Crippen LogP contribution is 2.23. The van der Waals surface area contributed by atoms with Gasteiger partial charge in [0, 0.05) is 42.1 Å². The molecule has 1 heterocycles. The lowest BCUT2D eigenvalue weighted by Gasteiger charge is -2.06. The number of aromatic nitrogens is 1. The van der Waals surface area contributed by atoms with Crippen molar-refractivity contribution in [2.75, 3.05) is 10.6 Å². The SMILES string of the molecule is CC(=O)Nc1ccc(NC(=O)CCc2nc(-c3ccc(F)cc3)cs2)cc1. The van der Waals surface area contributed by atoms with E-state index in [-0.39, 0.29) is 17.6 Å². The predicted octanol–water partition coefficient (Wildman–Crippen LogP) is 4.48. The average molecular weight is 383 g/mol. The van der Waals surface area contributed by atoms with Crippen molar-refractivity contribution in [3.8, 4) is 11.3 Å². The Morgan fingerprint density at radius 2 is 1.63 bits per heavy atom. The van der Waals surface area contributed by atoms with Gasteiger partial charge in [0.1, 0.15) is 5.82 Å². The minimum atomic E-state index is -0.281. The molecule has 1 aromatic heterocycles. The van der Waals surface area contributed by atoms with Crippen molar-refractivity contribution in [1.29, 1.82) is 0 Å². The van der Waals surface area contributed by atoms with Crippen LogP contribution in [0.3, 0.4) is 0 Å². The molecule has 0 aliphatic carbocycles. The number of nitrogens with one attached hydrogen (secondary N) is 2. The van der Waals surface area contributed by atoms with Gasteiger partial charge in [-0.05, 0) is 48.5 Å². The summed E-state index contributed by atoms with van der Waals surface area (Å²) >= 11 is 1.48. The first kappa shape index (κ1) is 18.7. The molecule has 138 valence electrons. The van der Waals surface area contributed by atoms with Gasteiger partial charge in [-0.15, -0.1) is 11.3 Å². The van der Waals surface area contributed by atoms with Crippen LogP contribution < -0.4 is 10.6 Å². The second kappa shape index (κ2) is 8.55. The number of thiazole rings is 1. The number of carbonyl (C=O) groups excluding carboxylic acids is 2. The van der Waals surface area contributed by atoms with E-state index in [0.717, 1.165) is 16.3 Å². The molecule has 0 spiro atoms. The third kappa shape index (κ3) is 5.46. The number of nitrogens with zero attached hydrogens (tertiary/aromatic N) is 1. The van der Waals surface area contributed by atoms with Gasteiger partial charge in [0.2, 0.25) is 11.8 Å². The molecule has 7 heteroatoms. The lowest BCUT2D eigenvalue weighted by molar-refractivity contribution is -0.116. The lowest BCUT2D eigenvalue weighted by Crippen LogP contribution is -2.12. The van der Waals surface area contributed by atoms with Gasteiger partial charge in [-0.1, -0.05) is 0 Å². The van der Waals surface area contributed by atoms with Crippen molar-refractivity contribution in [2.45, 2.75) is 19.8 Å². The molecule has 3 rings (SSSR count).